The zero-order chi connectivity index (χ0) is 45.4. The van der Waals surface area contributed by atoms with E-state index in [-0.39, 0.29) is 5.41 Å². The van der Waals surface area contributed by atoms with Crippen LogP contribution >= 0.6 is 0 Å². The second-order valence-corrected chi connectivity index (χ2v) is 18.8. The first-order valence-corrected chi connectivity index (χ1v) is 23.8. The van der Waals surface area contributed by atoms with E-state index < -0.39 is 5.41 Å². The summed E-state index contributed by atoms with van der Waals surface area (Å²) in [7, 11) is 0. The quantitative estimate of drug-likeness (QED) is 0.150. The molecule has 0 radical (unpaired) electrons. The van der Waals surface area contributed by atoms with Crippen molar-refractivity contribution in [2.75, 3.05) is 9.80 Å². The molecule has 0 heterocycles. The van der Waals surface area contributed by atoms with E-state index in [0.29, 0.717) is 0 Å². The minimum absolute atomic E-state index is 0.294. The van der Waals surface area contributed by atoms with Crippen molar-refractivity contribution in [3.05, 3.63) is 288 Å². The summed E-state index contributed by atoms with van der Waals surface area (Å²) >= 11 is 0. The van der Waals surface area contributed by atoms with Crippen LogP contribution in [0.5, 0.6) is 0 Å². The molecule has 0 saturated heterocycles. The molecule has 11 aromatic carbocycles. The second kappa shape index (κ2) is 15.6. The highest BCUT2D eigenvalue weighted by atomic mass is 15.2. The number of nitrogens with zero attached hydrogens (tertiary/aromatic N) is 2. The van der Waals surface area contributed by atoms with Crippen molar-refractivity contribution in [1.29, 1.82) is 0 Å². The molecule has 11 aromatic rings. The third-order valence-electron chi connectivity index (χ3n) is 14.9. The molecule has 0 N–H and O–H groups in total. The topological polar surface area (TPSA) is 6.48 Å². The van der Waals surface area contributed by atoms with Gasteiger partial charge in [-0.25, -0.2) is 0 Å². The smallest absolute Gasteiger partial charge is 0.0714 e. The SMILES string of the molecule is CC1(C)c2cc(N(c3ccccc3)c3cccc4ccccc34)ccc2-c2ccc(N(c3ccc4c(c3)C(c3ccccc3)(c3ccccc3)c3ccccc3-4)c3cccc4ccccc34)cc21. The summed E-state index contributed by atoms with van der Waals surface area (Å²) in [5.41, 5.74) is 18.9. The van der Waals surface area contributed by atoms with Gasteiger partial charge in [0.15, 0.2) is 0 Å². The van der Waals surface area contributed by atoms with Crippen LogP contribution in [0.15, 0.2) is 255 Å². The fourth-order valence-corrected chi connectivity index (χ4v) is 11.8. The van der Waals surface area contributed by atoms with Gasteiger partial charge in [0, 0.05) is 38.9 Å². The molecule has 2 aliphatic rings. The first-order valence-electron chi connectivity index (χ1n) is 23.8. The number of benzene rings is 11. The molecular formula is C66H48N2. The highest BCUT2D eigenvalue weighted by Crippen LogP contribution is 2.58. The zero-order valence-electron chi connectivity index (χ0n) is 38.1. The van der Waals surface area contributed by atoms with E-state index in [1.165, 1.54) is 77.2 Å². The molecule has 0 unspecified atom stereocenters. The Hall–Kier alpha value is -8.46. The van der Waals surface area contributed by atoms with E-state index in [2.05, 4.69) is 278 Å². The minimum atomic E-state index is -0.520. The van der Waals surface area contributed by atoms with Crippen LogP contribution < -0.4 is 9.80 Å². The number of rotatable bonds is 8. The largest absolute Gasteiger partial charge is 0.310 e. The number of hydrogen-bond donors (Lipinski definition) is 0. The maximum absolute atomic E-state index is 2.51. The Morgan fingerprint density at radius 2 is 0.662 bits per heavy atom. The summed E-state index contributed by atoms with van der Waals surface area (Å²) in [6.07, 6.45) is 0. The lowest BCUT2D eigenvalue weighted by molar-refractivity contribution is 0.660. The molecule has 0 bridgehead atoms. The molecule has 0 spiro atoms. The molecule has 2 heteroatoms. The van der Waals surface area contributed by atoms with Crippen LogP contribution in [0.2, 0.25) is 0 Å². The van der Waals surface area contributed by atoms with E-state index in [9.17, 15) is 0 Å². The second-order valence-electron chi connectivity index (χ2n) is 18.8. The van der Waals surface area contributed by atoms with Gasteiger partial charge in [0.25, 0.3) is 0 Å². The van der Waals surface area contributed by atoms with Gasteiger partial charge in [-0.2, -0.15) is 0 Å². The van der Waals surface area contributed by atoms with Crippen molar-refractivity contribution in [3.8, 4) is 22.3 Å². The van der Waals surface area contributed by atoms with E-state index in [1.54, 1.807) is 0 Å². The lowest BCUT2D eigenvalue weighted by atomic mass is 9.67. The molecule has 0 atom stereocenters. The molecule has 0 aliphatic heterocycles. The Labute approximate surface area is 398 Å². The van der Waals surface area contributed by atoms with Crippen LogP contribution in [0.3, 0.4) is 0 Å². The summed E-state index contributed by atoms with van der Waals surface area (Å²) in [4.78, 5) is 4.93. The standard InChI is InChI=1S/C66H48N2/c1-65(2)60-42-50(67(49-28-10-5-11-29-49)63-34-18-22-45-20-12-14-30-53(45)63)36-39-56(60)57-40-37-51(43-61(57)65)68(64-35-19-23-46-21-13-15-31-54(46)64)52-38-41-58-55-32-16-17-33-59(55)66(62(58)44-52,47-24-6-3-7-25-47)48-26-8-4-9-27-48/h3-44H,1-2H3. The Morgan fingerprint density at radius 1 is 0.279 bits per heavy atom. The van der Waals surface area contributed by atoms with Gasteiger partial charge in [0.2, 0.25) is 0 Å². The minimum Gasteiger partial charge on any atom is -0.310 e. The van der Waals surface area contributed by atoms with Gasteiger partial charge in [-0.3, -0.25) is 0 Å². The lowest BCUT2D eigenvalue weighted by Crippen LogP contribution is -2.28. The van der Waals surface area contributed by atoms with E-state index >= 15 is 0 Å². The average Bonchev–Trinajstić information content (AvgIpc) is 3.82. The molecule has 0 fully saturated rings. The number of fused-ring (bicyclic) bond motifs is 8. The van der Waals surface area contributed by atoms with E-state index in [1.807, 2.05) is 0 Å². The molecule has 2 nitrogen and oxygen atoms in total. The first-order chi connectivity index (χ1) is 33.5. The lowest BCUT2D eigenvalue weighted by Gasteiger charge is -2.35. The first kappa shape index (κ1) is 39.9. The van der Waals surface area contributed by atoms with Gasteiger partial charge in [0.05, 0.1) is 16.8 Å². The molecule has 0 saturated carbocycles. The number of para-hydroxylation sites is 1. The summed E-state index contributed by atoms with van der Waals surface area (Å²) in [5, 5.41) is 4.86. The molecule has 322 valence electrons. The van der Waals surface area contributed by atoms with Crippen molar-refractivity contribution in [2.24, 2.45) is 0 Å². The molecule has 2 aliphatic carbocycles. The fraction of sp³-hybridized carbons (Fsp3) is 0.0606. The van der Waals surface area contributed by atoms with Gasteiger partial charge in [-0.1, -0.05) is 208 Å². The fourth-order valence-electron chi connectivity index (χ4n) is 11.8. The number of anilines is 6. The van der Waals surface area contributed by atoms with E-state index in [0.717, 1.165) is 34.1 Å². The van der Waals surface area contributed by atoms with Crippen molar-refractivity contribution < 1.29 is 0 Å². The molecule has 13 rings (SSSR count). The average molecular weight is 869 g/mol. The third-order valence-corrected chi connectivity index (χ3v) is 14.9. The van der Waals surface area contributed by atoms with Crippen LogP contribution in [-0.4, -0.2) is 0 Å². The van der Waals surface area contributed by atoms with Crippen LogP contribution in [0, 0.1) is 0 Å². The highest BCUT2D eigenvalue weighted by Gasteiger charge is 2.46. The van der Waals surface area contributed by atoms with Crippen LogP contribution in [0.4, 0.5) is 34.1 Å². The molecule has 68 heavy (non-hydrogen) atoms. The van der Waals surface area contributed by atoms with E-state index in [4.69, 9.17) is 0 Å². The van der Waals surface area contributed by atoms with Gasteiger partial charge < -0.3 is 9.80 Å². The van der Waals surface area contributed by atoms with Crippen molar-refractivity contribution >= 4 is 55.7 Å². The van der Waals surface area contributed by atoms with Gasteiger partial charge >= 0.3 is 0 Å². The Balaban J connectivity index is 0.997. The molecular weight excluding hydrogens is 821 g/mol. The van der Waals surface area contributed by atoms with Crippen molar-refractivity contribution in [2.45, 2.75) is 24.7 Å². The maximum atomic E-state index is 2.51. The Morgan fingerprint density at radius 3 is 1.19 bits per heavy atom. The zero-order valence-corrected chi connectivity index (χ0v) is 38.1. The molecule has 0 amide bonds. The van der Waals surface area contributed by atoms with Crippen molar-refractivity contribution in [1.82, 2.24) is 0 Å². The summed E-state index contributed by atoms with van der Waals surface area (Å²) < 4.78 is 0. The number of hydrogen-bond acceptors (Lipinski definition) is 2. The van der Waals surface area contributed by atoms with Crippen molar-refractivity contribution in [3.63, 3.8) is 0 Å². The van der Waals surface area contributed by atoms with Crippen LogP contribution in [0.25, 0.3) is 43.8 Å². The van der Waals surface area contributed by atoms with Gasteiger partial charge in [-0.15, -0.1) is 0 Å². The monoisotopic (exact) mass is 868 g/mol. The Bertz CT molecular complexity index is 3670. The van der Waals surface area contributed by atoms with Gasteiger partial charge in [0.1, 0.15) is 0 Å². The predicted molar refractivity (Wildman–Crippen MR) is 286 cm³/mol. The normalized spacial score (nSPS) is 13.7. The maximum Gasteiger partial charge on any atom is 0.0714 e. The molecule has 0 aromatic heterocycles. The Kier molecular flexibility index (Phi) is 9.13. The summed E-state index contributed by atoms with van der Waals surface area (Å²) in [6, 6.07) is 94.3. The third kappa shape index (κ3) is 5.97. The van der Waals surface area contributed by atoms with Crippen LogP contribution in [0.1, 0.15) is 47.2 Å². The van der Waals surface area contributed by atoms with Crippen LogP contribution in [-0.2, 0) is 10.8 Å². The highest BCUT2D eigenvalue weighted by molar-refractivity contribution is 6.02. The van der Waals surface area contributed by atoms with Gasteiger partial charge in [-0.05, 0) is 127 Å². The summed E-state index contributed by atoms with van der Waals surface area (Å²) in [6.45, 7) is 4.80. The predicted octanol–water partition coefficient (Wildman–Crippen LogP) is 17.6. The summed E-state index contributed by atoms with van der Waals surface area (Å²) in [5.74, 6) is 0.